The van der Waals surface area contributed by atoms with Gasteiger partial charge in [-0.1, -0.05) is 17.7 Å². The van der Waals surface area contributed by atoms with Gasteiger partial charge in [0.25, 0.3) is 5.91 Å². The second-order valence-corrected chi connectivity index (χ2v) is 4.83. The van der Waals surface area contributed by atoms with E-state index in [1.54, 1.807) is 19.3 Å². The molecule has 6 nitrogen and oxygen atoms in total. The molecule has 0 aliphatic carbocycles. The largest absolute Gasteiger partial charge is 0.464 e. The fourth-order valence-electron chi connectivity index (χ4n) is 2.00. The number of nitrogens with zero attached hydrogens (tertiary/aromatic N) is 2. The SMILES string of the molecule is COC(=O)c1nn(C)cc1NC(=O)c1cc(C)ccc1C. The van der Waals surface area contributed by atoms with Crippen LogP contribution in [0, 0.1) is 13.8 Å². The van der Waals surface area contributed by atoms with E-state index < -0.39 is 5.97 Å². The first kappa shape index (κ1) is 14.8. The van der Waals surface area contributed by atoms with Crippen LogP contribution < -0.4 is 5.32 Å². The van der Waals surface area contributed by atoms with Gasteiger partial charge in [-0.3, -0.25) is 9.48 Å². The van der Waals surface area contributed by atoms with Crippen molar-refractivity contribution in [1.82, 2.24) is 9.78 Å². The van der Waals surface area contributed by atoms with Crippen LogP contribution in [0.15, 0.2) is 24.4 Å². The number of amides is 1. The summed E-state index contributed by atoms with van der Waals surface area (Å²) in [6.45, 7) is 3.78. The van der Waals surface area contributed by atoms with Crippen molar-refractivity contribution in [3.05, 3.63) is 46.8 Å². The Morgan fingerprint density at radius 1 is 1.29 bits per heavy atom. The number of hydrogen-bond acceptors (Lipinski definition) is 4. The van der Waals surface area contributed by atoms with Gasteiger partial charge >= 0.3 is 5.97 Å². The third-order valence-electron chi connectivity index (χ3n) is 3.09. The van der Waals surface area contributed by atoms with Crippen molar-refractivity contribution in [2.75, 3.05) is 12.4 Å². The van der Waals surface area contributed by atoms with Gasteiger partial charge in [0, 0.05) is 18.8 Å². The number of esters is 1. The zero-order chi connectivity index (χ0) is 15.6. The molecule has 1 amide bonds. The standard InChI is InChI=1S/C15H17N3O3/c1-9-5-6-10(2)11(7-9)14(19)16-12-8-18(3)17-13(12)15(20)21-4/h5-8H,1-4H3,(H,16,19). The topological polar surface area (TPSA) is 73.2 Å². The minimum atomic E-state index is -0.591. The Morgan fingerprint density at radius 3 is 2.67 bits per heavy atom. The normalized spacial score (nSPS) is 10.3. The van der Waals surface area contributed by atoms with Crippen molar-refractivity contribution < 1.29 is 14.3 Å². The summed E-state index contributed by atoms with van der Waals surface area (Å²) in [5, 5.41) is 6.70. The van der Waals surface area contributed by atoms with Gasteiger partial charge in [-0.15, -0.1) is 0 Å². The molecule has 0 saturated carbocycles. The van der Waals surface area contributed by atoms with Crippen LogP contribution in [0.2, 0.25) is 0 Å². The molecule has 0 saturated heterocycles. The van der Waals surface area contributed by atoms with Gasteiger partial charge < -0.3 is 10.1 Å². The summed E-state index contributed by atoms with van der Waals surface area (Å²) in [5.74, 6) is -0.874. The smallest absolute Gasteiger partial charge is 0.360 e. The van der Waals surface area contributed by atoms with Crippen molar-refractivity contribution in [2.45, 2.75) is 13.8 Å². The monoisotopic (exact) mass is 287 g/mol. The summed E-state index contributed by atoms with van der Waals surface area (Å²) < 4.78 is 6.10. The summed E-state index contributed by atoms with van der Waals surface area (Å²) in [6.07, 6.45) is 1.56. The molecular weight excluding hydrogens is 270 g/mol. The van der Waals surface area contributed by atoms with Crippen LogP contribution >= 0.6 is 0 Å². The second kappa shape index (κ2) is 5.78. The Labute approximate surface area is 122 Å². The predicted molar refractivity (Wildman–Crippen MR) is 78.4 cm³/mol. The fraction of sp³-hybridized carbons (Fsp3) is 0.267. The highest BCUT2D eigenvalue weighted by molar-refractivity contribution is 6.08. The Morgan fingerprint density at radius 2 is 2.00 bits per heavy atom. The number of aromatic nitrogens is 2. The van der Waals surface area contributed by atoms with Crippen LogP contribution in [0.5, 0.6) is 0 Å². The van der Waals surface area contributed by atoms with Crippen LogP contribution in [0.25, 0.3) is 0 Å². The van der Waals surface area contributed by atoms with Crippen LogP contribution in [0.1, 0.15) is 32.0 Å². The van der Waals surface area contributed by atoms with Crippen molar-refractivity contribution in [1.29, 1.82) is 0 Å². The maximum absolute atomic E-state index is 12.4. The average Bonchev–Trinajstić information content (AvgIpc) is 2.81. The van der Waals surface area contributed by atoms with Crippen molar-refractivity contribution >= 4 is 17.6 Å². The van der Waals surface area contributed by atoms with Gasteiger partial charge in [0.15, 0.2) is 5.69 Å². The molecule has 0 aliphatic heterocycles. The molecule has 0 aliphatic rings. The Kier molecular flexibility index (Phi) is 4.07. The molecule has 0 fully saturated rings. The van der Waals surface area contributed by atoms with Crippen LogP contribution in [-0.4, -0.2) is 28.8 Å². The van der Waals surface area contributed by atoms with E-state index in [2.05, 4.69) is 15.2 Å². The molecule has 0 radical (unpaired) electrons. The third kappa shape index (κ3) is 3.10. The van der Waals surface area contributed by atoms with Gasteiger partial charge in [0.1, 0.15) is 0 Å². The maximum Gasteiger partial charge on any atom is 0.360 e. The quantitative estimate of drug-likeness (QED) is 0.877. The van der Waals surface area contributed by atoms with E-state index in [1.165, 1.54) is 11.8 Å². The summed E-state index contributed by atoms with van der Waals surface area (Å²) in [7, 11) is 2.94. The molecule has 2 aromatic rings. The van der Waals surface area contributed by atoms with E-state index in [1.807, 2.05) is 26.0 Å². The van der Waals surface area contributed by atoms with Crippen LogP contribution in [0.3, 0.4) is 0 Å². The van der Waals surface area contributed by atoms with Gasteiger partial charge in [0.2, 0.25) is 0 Å². The van der Waals surface area contributed by atoms with Crippen molar-refractivity contribution in [2.24, 2.45) is 7.05 Å². The highest BCUT2D eigenvalue weighted by Crippen LogP contribution is 2.17. The number of ether oxygens (including phenoxy) is 1. The number of carbonyl (C=O) groups is 2. The number of rotatable bonds is 3. The molecule has 110 valence electrons. The van der Waals surface area contributed by atoms with E-state index in [0.29, 0.717) is 11.3 Å². The molecule has 6 heteroatoms. The lowest BCUT2D eigenvalue weighted by molar-refractivity contribution is 0.0594. The lowest BCUT2D eigenvalue weighted by Gasteiger charge is -2.08. The van der Waals surface area contributed by atoms with E-state index in [-0.39, 0.29) is 11.6 Å². The van der Waals surface area contributed by atoms with E-state index >= 15 is 0 Å². The Bertz CT molecular complexity index is 704. The predicted octanol–water partition coefficient (Wildman–Crippen LogP) is 2.08. The number of nitrogens with one attached hydrogen (secondary N) is 1. The lowest BCUT2D eigenvalue weighted by Crippen LogP contribution is -2.16. The van der Waals surface area contributed by atoms with E-state index in [9.17, 15) is 9.59 Å². The average molecular weight is 287 g/mol. The number of aryl methyl sites for hydroxylation is 3. The first-order valence-electron chi connectivity index (χ1n) is 6.43. The third-order valence-corrected chi connectivity index (χ3v) is 3.09. The van der Waals surface area contributed by atoms with E-state index in [4.69, 9.17) is 0 Å². The molecule has 1 N–H and O–H groups in total. The number of carbonyl (C=O) groups excluding carboxylic acids is 2. The first-order chi connectivity index (χ1) is 9.92. The Balaban J connectivity index is 2.32. The van der Waals surface area contributed by atoms with Crippen LogP contribution in [0.4, 0.5) is 5.69 Å². The zero-order valence-corrected chi connectivity index (χ0v) is 12.4. The first-order valence-corrected chi connectivity index (χ1v) is 6.43. The Hall–Kier alpha value is -2.63. The fourth-order valence-corrected chi connectivity index (χ4v) is 2.00. The molecular formula is C15H17N3O3. The molecule has 0 unspecified atom stereocenters. The van der Waals surface area contributed by atoms with E-state index in [0.717, 1.165) is 11.1 Å². The molecule has 1 aromatic heterocycles. The van der Waals surface area contributed by atoms with Crippen molar-refractivity contribution in [3.8, 4) is 0 Å². The minimum Gasteiger partial charge on any atom is -0.464 e. The van der Waals surface area contributed by atoms with Crippen molar-refractivity contribution in [3.63, 3.8) is 0 Å². The zero-order valence-electron chi connectivity index (χ0n) is 12.4. The molecule has 1 heterocycles. The summed E-state index contributed by atoms with van der Waals surface area (Å²) in [4.78, 5) is 24.0. The molecule has 21 heavy (non-hydrogen) atoms. The number of benzene rings is 1. The molecule has 0 spiro atoms. The van der Waals surface area contributed by atoms with Gasteiger partial charge in [-0.25, -0.2) is 4.79 Å². The maximum atomic E-state index is 12.4. The number of hydrogen-bond donors (Lipinski definition) is 1. The minimum absolute atomic E-state index is 0.0821. The lowest BCUT2D eigenvalue weighted by atomic mass is 10.1. The van der Waals surface area contributed by atoms with Crippen LogP contribution in [-0.2, 0) is 11.8 Å². The van der Waals surface area contributed by atoms with Gasteiger partial charge in [0.05, 0.1) is 12.8 Å². The highest BCUT2D eigenvalue weighted by Gasteiger charge is 2.19. The highest BCUT2D eigenvalue weighted by atomic mass is 16.5. The summed E-state index contributed by atoms with van der Waals surface area (Å²) in [6, 6.07) is 5.63. The second-order valence-electron chi connectivity index (χ2n) is 4.83. The van der Waals surface area contributed by atoms with Gasteiger partial charge in [-0.05, 0) is 25.5 Å². The summed E-state index contributed by atoms with van der Waals surface area (Å²) >= 11 is 0. The number of methoxy groups -OCH3 is 1. The van der Waals surface area contributed by atoms with Gasteiger partial charge in [-0.2, -0.15) is 5.10 Å². The number of anilines is 1. The summed E-state index contributed by atoms with van der Waals surface area (Å²) in [5.41, 5.74) is 2.83. The molecule has 0 bridgehead atoms. The molecule has 2 rings (SSSR count). The molecule has 1 aromatic carbocycles. The molecule has 0 atom stereocenters.